The van der Waals surface area contributed by atoms with Crippen LogP contribution in [0.25, 0.3) is 0 Å². The number of rotatable bonds is 3. The first-order chi connectivity index (χ1) is 10.7. The van der Waals surface area contributed by atoms with Crippen LogP contribution in [0.15, 0.2) is 0 Å². The van der Waals surface area contributed by atoms with Crippen LogP contribution < -0.4 is 0 Å². The molecule has 22 heavy (non-hydrogen) atoms. The highest BCUT2D eigenvalue weighted by molar-refractivity contribution is 5.76. The molecule has 6 fully saturated rings. The van der Waals surface area contributed by atoms with Crippen LogP contribution in [0.2, 0.25) is 0 Å². The van der Waals surface area contributed by atoms with Crippen LogP contribution >= 0.6 is 0 Å². The van der Waals surface area contributed by atoms with Crippen molar-refractivity contribution in [2.45, 2.75) is 70.3 Å². The molecule has 0 spiro atoms. The van der Waals surface area contributed by atoms with Gasteiger partial charge in [-0.2, -0.15) is 0 Å². The lowest BCUT2D eigenvalue weighted by molar-refractivity contribution is -0.142. The van der Waals surface area contributed by atoms with Crippen molar-refractivity contribution in [1.82, 2.24) is 4.90 Å². The summed E-state index contributed by atoms with van der Waals surface area (Å²) in [4.78, 5) is 15.2. The molecule has 0 aromatic rings. The average molecular weight is 301 g/mol. The van der Waals surface area contributed by atoms with Gasteiger partial charge in [-0.25, -0.2) is 0 Å². The Kier molecular flexibility index (Phi) is 3.14. The lowest BCUT2D eigenvalue weighted by atomic mass is 9.54. The molecular weight excluding hydrogens is 270 g/mol. The number of hydrogen-bond donors (Lipinski definition) is 0. The average Bonchev–Trinajstić information content (AvgIpc) is 3.08. The predicted octanol–water partition coefficient (Wildman–Crippen LogP) is 4.10. The number of carbonyl (C=O) groups is 1. The van der Waals surface area contributed by atoms with Crippen molar-refractivity contribution in [3.8, 4) is 0 Å². The topological polar surface area (TPSA) is 20.3 Å². The van der Waals surface area contributed by atoms with Crippen LogP contribution in [-0.4, -0.2) is 23.9 Å². The molecule has 1 amide bonds. The van der Waals surface area contributed by atoms with Crippen molar-refractivity contribution in [2.24, 2.45) is 41.4 Å². The molecule has 6 rings (SSSR count). The van der Waals surface area contributed by atoms with E-state index in [0.717, 1.165) is 47.8 Å². The number of nitrogens with zero attached hydrogens (tertiary/aromatic N) is 1. The van der Waals surface area contributed by atoms with Gasteiger partial charge in [0.15, 0.2) is 0 Å². The van der Waals surface area contributed by atoms with Gasteiger partial charge in [-0.05, 0) is 92.8 Å². The summed E-state index contributed by atoms with van der Waals surface area (Å²) in [6.45, 7) is 0. The lowest BCUT2D eigenvalue weighted by Gasteiger charge is -2.56. The monoisotopic (exact) mass is 301 g/mol. The summed E-state index contributed by atoms with van der Waals surface area (Å²) >= 11 is 0. The molecule has 0 heterocycles. The van der Waals surface area contributed by atoms with Gasteiger partial charge < -0.3 is 4.90 Å². The van der Waals surface area contributed by atoms with Crippen molar-refractivity contribution in [3.63, 3.8) is 0 Å². The second kappa shape index (κ2) is 4.98. The smallest absolute Gasteiger partial charge is 0.222 e. The SMILES string of the molecule is CN(C(=O)CC1CC2CCC1C2)C1C2CC3CC(C2)CC1C3. The predicted molar refractivity (Wildman–Crippen MR) is 87.2 cm³/mol. The summed E-state index contributed by atoms with van der Waals surface area (Å²) in [7, 11) is 2.14. The molecule has 0 aliphatic heterocycles. The molecule has 3 unspecified atom stereocenters. The van der Waals surface area contributed by atoms with Crippen molar-refractivity contribution < 1.29 is 4.79 Å². The van der Waals surface area contributed by atoms with Gasteiger partial charge in [0.1, 0.15) is 0 Å². The Balaban J connectivity index is 1.26. The number of amides is 1. The molecule has 6 aliphatic rings. The maximum Gasteiger partial charge on any atom is 0.222 e. The fraction of sp³-hybridized carbons (Fsp3) is 0.950. The van der Waals surface area contributed by atoms with Gasteiger partial charge in [0.25, 0.3) is 0 Å². The van der Waals surface area contributed by atoms with Crippen molar-refractivity contribution in [1.29, 1.82) is 0 Å². The van der Waals surface area contributed by atoms with Crippen molar-refractivity contribution >= 4 is 5.91 Å². The summed E-state index contributed by atoms with van der Waals surface area (Å²) in [5.74, 6) is 6.76. The first-order valence-electron chi connectivity index (χ1n) is 9.93. The van der Waals surface area contributed by atoms with Gasteiger partial charge in [-0.15, -0.1) is 0 Å². The largest absolute Gasteiger partial charge is 0.342 e. The van der Waals surface area contributed by atoms with E-state index in [4.69, 9.17) is 0 Å². The number of hydrogen-bond acceptors (Lipinski definition) is 1. The minimum atomic E-state index is 0.482. The molecule has 0 radical (unpaired) electrons. The van der Waals surface area contributed by atoms with E-state index in [1.165, 1.54) is 57.8 Å². The minimum Gasteiger partial charge on any atom is -0.342 e. The van der Waals surface area contributed by atoms with E-state index in [1.807, 2.05) is 0 Å². The molecule has 2 nitrogen and oxygen atoms in total. The third kappa shape index (κ3) is 2.08. The van der Waals surface area contributed by atoms with Crippen LogP contribution in [0.5, 0.6) is 0 Å². The van der Waals surface area contributed by atoms with E-state index >= 15 is 0 Å². The van der Waals surface area contributed by atoms with Gasteiger partial charge in [-0.1, -0.05) is 6.42 Å². The zero-order chi connectivity index (χ0) is 14.8. The summed E-state index contributed by atoms with van der Waals surface area (Å²) in [6, 6.07) is 0.596. The number of carbonyl (C=O) groups excluding carboxylic acids is 1. The van der Waals surface area contributed by atoms with Gasteiger partial charge in [0.05, 0.1) is 0 Å². The normalized spacial score (nSPS) is 51.5. The molecule has 3 atom stereocenters. The van der Waals surface area contributed by atoms with E-state index in [0.29, 0.717) is 11.9 Å². The maximum atomic E-state index is 12.9. The minimum absolute atomic E-state index is 0.482. The first-order valence-corrected chi connectivity index (χ1v) is 9.93. The Bertz CT molecular complexity index is 444. The molecule has 0 aromatic carbocycles. The van der Waals surface area contributed by atoms with Crippen LogP contribution in [0.1, 0.15) is 64.2 Å². The highest BCUT2D eigenvalue weighted by Gasteiger charge is 2.50. The molecule has 6 bridgehead atoms. The Labute approximate surface area is 135 Å². The van der Waals surface area contributed by atoms with Crippen LogP contribution in [0.4, 0.5) is 0 Å². The fourth-order valence-corrected chi connectivity index (χ4v) is 7.69. The second-order valence-corrected chi connectivity index (χ2v) is 9.57. The summed E-state index contributed by atoms with van der Waals surface area (Å²) in [6.07, 6.45) is 13.7. The quantitative estimate of drug-likeness (QED) is 0.768. The highest BCUT2D eigenvalue weighted by atomic mass is 16.2. The fourth-order valence-electron chi connectivity index (χ4n) is 7.69. The zero-order valence-corrected chi connectivity index (χ0v) is 14.0. The molecule has 0 aromatic heterocycles. The van der Waals surface area contributed by atoms with E-state index < -0.39 is 0 Å². The molecular formula is C20H31NO. The van der Waals surface area contributed by atoms with E-state index in [1.54, 1.807) is 0 Å². The van der Waals surface area contributed by atoms with Gasteiger partial charge >= 0.3 is 0 Å². The van der Waals surface area contributed by atoms with E-state index in [-0.39, 0.29) is 0 Å². The first kappa shape index (κ1) is 13.9. The second-order valence-electron chi connectivity index (χ2n) is 9.57. The zero-order valence-electron chi connectivity index (χ0n) is 14.0. The molecule has 122 valence electrons. The standard InChI is InChI=1S/C20H31NO/c1-21(19(22)11-16-6-12-2-3-15(16)5-12)20-17-7-13-4-14(9-17)10-18(20)8-13/h12-18,20H,2-11H2,1H3. The third-order valence-corrected chi connectivity index (χ3v) is 8.34. The van der Waals surface area contributed by atoms with Crippen LogP contribution in [0.3, 0.4) is 0 Å². The summed E-state index contributed by atoms with van der Waals surface area (Å²) in [5.41, 5.74) is 0. The van der Waals surface area contributed by atoms with Gasteiger partial charge in [0.2, 0.25) is 5.91 Å². The van der Waals surface area contributed by atoms with E-state index in [9.17, 15) is 4.79 Å². The Morgan fingerprint density at radius 1 is 0.818 bits per heavy atom. The van der Waals surface area contributed by atoms with Crippen LogP contribution in [-0.2, 0) is 4.79 Å². The van der Waals surface area contributed by atoms with Crippen molar-refractivity contribution in [2.75, 3.05) is 7.05 Å². The Hall–Kier alpha value is -0.530. The van der Waals surface area contributed by atoms with E-state index in [2.05, 4.69) is 11.9 Å². The Morgan fingerprint density at radius 3 is 2.00 bits per heavy atom. The highest BCUT2D eigenvalue weighted by Crippen LogP contribution is 2.55. The maximum absolute atomic E-state index is 12.9. The Morgan fingerprint density at radius 2 is 1.45 bits per heavy atom. The molecule has 6 aliphatic carbocycles. The summed E-state index contributed by atoms with van der Waals surface area (Å²) < 4.78 is 0. The lowest BCUT2D eigenvalue weighted by Crippen LogP contribution is -2.56. The third-order valence-electron chi connectivity index (χ3n) is 8.34. The van der Waals surface area contributed by atoms with Gasteiger partial charge in [-0.3, -0.25) is 4.79 Å². The van der Waals surface area contributed by atoms with Gasteiger partial charge in [0, 0.05) is 19.5 Å². The molecule has 0 saturated heterocycles. The molecule has 0 N–H and O–H groups in total. The van der Waals surface area contributed by atoms with Crippen LogP contribution in [0, 0.1) is 41.4 Å². The van der Waals surface area contributed by atoms with Crippen molar-refractivity contribution in [3.05, 3.63) is 0 Å². The molecule has 6 saturated carbocycles. The number of fused-ring (bicyclic) bond motifs is 2. The summed E-state index contributed by atoms with van der Waals surface area (Å²) in [5, 5.41) is 0. The molecule has 2 heteroatoms.